The monoisotopic (exact) mass is 355 g/mol. The van der Waals surface area contributed by atoms with E-state index in [4.69, 9.17) is 0 Å². The van der Waals surface area contributed by atoms with Crippen LogP contribution < -0.4 is 0 Å². The Labute approximate surface area is 155 Å². The number of hydrogen-bond donors (Lipinski definition) is 0. The fourth-order valence-electron chi connectivity index (χ4n) is 3.78. The molecule has 0 spiro atoms. The second-order valence-electron chi connectivity index (χ2n) is 7.70. The molecule has 0 aliphatic heterocycles. The molecule has 1 aliphatic carbocycles. The molecule has 0 atom stereocenters. The summed E-state index contributed by atoms with van der Waals surface area (Å²) in [5.74, 6) is 1.36. The molecule has 0 unspecified atom stereocenters. The van der Waals surface area contributed by atoms with Crippen LogP contribution in [0.3, 0.4) is 0 Å². The van der Waals surface area contributed by atoms with Crippen molar-refractivity contribution in [2.24, 2.45) is 5.92 Å². The van der Waals surface area contributed by atoms with E-state index in [9.17, 15) is 4.79 Å². The van der Waals surface area contributed by atoms with Gasteiger partial charge < -0.3 is 4.90 Å². The van der Waals surface area contributed by atoms with Crippen LogP contribution in [-0.2, 0) is 0 Å². The highest BCUT2D eigenvalue weighted by atomic mass is 32.1. The number of carbonyl (C=O) groups excluding carboxylic acids is 1. The highest BCUT2D eigenvalue weighted by molar-refractivity contribution is 7.17. The van der Waals surface area contributed by atoms with Crippen LogP contribution in [-0.4, -0.2) is 24.4 Å². The lowest BCUT2D eigenvalue weighted by Gasteiger charge is -2.22. The van der Waals surface area contributed by atoms with E-state index in [0.29, 0.717) is 5.92 Å². The lowest BCUT2D eigenvalue weighted by Crippen LogP contribution is -2.29. The largest absolute Gasteiger partial charge is 0.341 e. The van der Waals surface area contributed by atoms with E-state index in [2.05, 4.69) is 44.2 Å². The molecule has 2 nitrogen and oxygen atoms in total. The molecule has 1 amide bonds. The van der Waals surface area contributed by atoms with Gasteiger partial charge in [-0.2, -0.15) is 0 Å². The lowest BCUT2D eigenvalue weighted by atomic mass is 9.84. The normalized spacial score (nSPS) is 15.5. The molecule has 134 valence electrons. The third-order valence-corrected chi connectivity index (χ3v) is 6.20. The Morgan fingerprint density at radius 2 is 1.76 bits per heavy atom. The molecule has 0 bridgehead atoms. The van der Waals surface area contributed by atoms with Crippen LogP contribution in [0.15, 0.2) is 36.4 Å². The molecule has 3 heteroatoms. The first-order valence-electron chi connectivity index (χ1n) is 9.50. The van der Waals surface area contributed by atoms with E-state index in [1.807, 2.05) is 18.0 Å². The van der Waals surface area contributed by atoms with Crippen LogP contribution in [0.5, 0.6) is 0 Å². The minimum atomic E-state index is 0.128. The number of rotatable bonds is 5. The number of hydrogen-bond acceptors (Lipinski definition) is 2. The summed E-state index contributed by atoms with van der Waals surface area (Å²) < 4.78 is 0. The van der Waals surface area contributed by atoms with Crippen molar-refractivity contribution in [3.05, 3.63) is 46.8 Å². The number of amides is 1. The van der Waals surface area contributed by atoms with Gasteiger partial charge in [0.25, 0.3) is 5.91 Å². The first-order chi connectivity index (χ1) is 12.0. The summed E-state index contributed by atoms with van der Waals surface area (Å²) in [4.78, 5) is 16.4. The topological polar surface area (TPSA) is 20.3 Å². The molecule has 25 heavy (non-hydrogen) atoms. The second-order valence-corrected chi connectivity index (χ2v) is 8.78. The predicted octanol–water partition coefficient (Wildman–Crippen LogP) is 6.19. The first kappa shape index (κ1) is 18.2. The third kappa shape index (κ3) is 4.52. The standard InChI is InChI=1S/C22H29NOS/c1-16(2)15-23(3)22(24)21-14-13-20(25-21)19-11-9-18(10-12-19)17-7-5-4-6-8-17/h9-14,16-17H,4-8,15H2,1-3H3. The maximum absolute atomic E-state index is 12.5. The Balaban J connectivity index is 1.70. The van der Waals surface area contributed by atoms with Crippen molar-refractivity contribution in [1.82, 2.24) is 4.90 Å². The Morgan fingerprint density at radius 1 is 1.08 bits per heavy atom. The fraction of sp³-hybridized carbons (Fsp3) is 0.500. The summed E-state index contributed by atoms with van der Waals surface area (Å²) in [5.41, 5.74) is 2.70. The molecule has 0 radical (unpaired) electrons. The van der Waals surface area contributed by atoms with Crippen molar-refractivity contribution in [3.63, 3.8) is 0 Å². The maximum atomic E-state index is 12.5. The average Bonchev–Trinajstić information content (AvgIpc) is 3.11. The van der Waals surface area contributed by atoms with Gasteiger partial charge in [0.2, 0.25) is 0 Å². The summed E-state index contributed by atoms with van der Waals surface area (Å²) in [6, 6.07) is 13.1. The van der Waals surface area contributed by atoms with Gasteiger partial charge in [0.15, 0.2) is 0 Å². The van der Waals surface area contributed by atoms with Gasteiger partial charge in [0.05, 0.1) is 4.88 Å². The zero-order valence-corrected chi connectivity index (χ0v) is 16.4. The van der Waals surface area contributed by atoms with Gasteiger partial charge in [-0.15, -0.1) is 11.3 Å². The molecule has 1 fully saturated rings. The summed E-state index contributed by atoms with van der Waals surface area (Å²) >= 11 is 1.60. The zero-order valence-electron chi connectivity index (χ0n) is 15.6. The molecule has 1 aliphatic rings. The van der Waals surface area contributed by atoms with Crippen molar-refractivity contribution in [1.29, 1.82) is 0 Å². The van der Waals surface area contributed by atoms with Crippen molar-refractivity contribution in [3.8, 4) is 10.4 Å². The molecular weight excluding hydrogens is 326 g/mol. The Kier molecular flexibility index (Phi) is 5.95. The van der Waals surface area contributed by atoms with Gasteiger partial charge in [0, 0.05) is 18.5 Å². The van der Waals surface area contributed by atoms with Crippen LogP contribution in [0, 0.1) is 5.92 Å². The maximum Gasteiger partial charge on any atom is 0.263 e. The van der Waals surface area contributed by atoms with Crippen LogP contribution in [0.1, 0.15) is 67.1 Å². The fourth-order valence-corrected chi connectivity index (χ4v) is 4.79. The van der Waals surface area contributed by atoms with Crippen molar-refractivity contribution in [2.45, 2.75) is 51.9 Å². The van der Waals surface area contributed by atoms with Crippen molar-refractivity contribution in [2.75, 3.05) is 13.6 Å². The van der Waals surface area contributed by atoms with Gasteiger partial charge >= 0.3 is 0 Å². The van der Waals surface area contributed by atoms with Crippen molar-refractivity contribution >= 4 is 17.2 Å². The van der Waals surface area contributed by atoms with E-state index in [1.54, 1.807) is 11.3 Å². The summed E-state index contributed by atoms with van der Waals surface area (Å²) in [7, 11) is 1.89. The molecule has 1 heterocycles. The summed E-state index contributed by atoms with van der Waals surface area (Å²) in [6.07, 6.45) is 6.80. The van der Waals surface area contributed by atoms with Gasteiger partial charge in [-0.3, -0.25) is 4.79 Å². The van der Waals surface area contributed by atoms with Gasteiger partial charge in [-0.1, -0.05) is 57.4 Å². The highest BCUT2D eigenvalue weighted by Crippen LogP contribution is 2.35. The van der Waals surface area contributed by atoms with Crippen LogP contribution in [0.2, 0.25) is 0 Å². The third-order valence-electron chi connectivity index (χ3n) is 5.07. The molecular formula is C22H29NOS. The molecule has 1 aromatic carbocycles. The number of benzene rings is 1. The van der Waals surface area contributed by atoms with Gasteiger partial charge in [-0.25, -0.2) is 0 Å². The summed E-state index contributed by atoms with van der Waals surface area (Å²) in [6.45, 7) is 5.07. The predicted molar refractivity (Wildman–Crippen MR) is 107 cm³/mol. The number of thiophene rings is 1. The lowest BCUT2D eigenvalue weighted by molar-refractivity contribution is 0.0784. The van der Waals surface area contributed by atoms with E-state index < -0.39 is 0 Å². The first-order valence-corrected chi connectivity index (χ1v) is 10.3. The molecule has 1 aromatic heterocycles. The molecule has 0 N–H and O–H groups in total. The SMILES string of the molecule is CC(C)CN(C)C(=O)c1ccc(-c2ccc(C3CCCCC3)cc2)s1. The molecule has 0 saturated heterocycles. The van der Waals surface area contributed by atoms with Crippen LogP contribution in [0.4, 0.5) is 0 Å². The minimum Gasteiger partial charge on any atom is -0.341 e. The smallest absolute Gasteiger partial charge is 0.263 e. The number of carbonyl (C=O) groups is 1. The van der Waals surface area contributed by atoms with E-state index in [1.165, 1.54) is 48.1 Å². The van der Waals surface area contributed by atoms with Gasteiger partial charge in [0.1, 0.15) is 0 Å². The van der Waals surface area contributed by atoms with Gasteiger partial charge in [-0.05, 0) is 47.9 Å². The minimum absolute atomic E-state index is 0.128. The highest BCUT2D eigenvalue weighted by Gasteiger charge is 2.17. The Morgan fingerprint density at radius 3 is 2.40 bits per heavy atom. The quantitative estimate of drug-likeness (QED) is 0.626. The average molecular weight is 356 g/mol. The van der Waals surface area contributed by atoms with E-state index in [0.717, 1.165) is 17.3 Å². The molecule has 2 aromatic rings. The van der Waals surface area contributed by atoms with E-state index >= 15 is 0 Å². The van der Waals surface area contributed by atoms with E-state index in [-0.39, 0.29) is 5.91 Å². The molecule has 3 rings (SSSR count). The second kappa shape index (κ2) is 8.18. The van der Waals surface area contributed by atoms with Crippen LogP contribution >= 0.6 is 11.3 Å². The Bertz CT molecular complexity index is 695. The molecule has 1 saturated carbocycles. The van der Waals surface area contributed by atoms with Crippen LogP contribution in [0.25, 0.3) is 10.4 Å². The van der Waals surface area contributed by atoms with Crippen molar-refractivity contribution < 1.29 is 4.79 Å². The summed E-state index contributed by atoms with van der Waals surface area (Å²) in [5, 5.41) is 0. The Hall–Kier alpha value is -1.61. The zero-order chi connectivity index (χ0) is 17.8. The number of nitrogens with zero attached hydrogens (tertiary/aromatic N) is 1.